The smallest absolute Gasteiger partial charge is 0.340 e. The number of carbonyl (C=O) groups is 1. The van der Waals surface area contributed by atoms with Crippen LogP contribution in [0.4, 0.5) is 0 Å². The number of esters is 1. The third kappa shape index (κ3) is 7.04. The van der Waals surface area contributed by atoms with Crippen molar-refractivity contribution in [2.45, 2.75) is 47.1 Å². The van der Waals surface area contributed by atoms with Gasteiger partial charge in [-0.3, -0.25) is 0 Å². The van der Waals surface area contributed by atoms with E-state index in [1.807, 2.05) is 126 Å². The predicted octanol–water partition coefficient (Wildman–Crippen LogP) is 6.44. The lowest BCUT2D eigenvalue weighted by molar-refractivity contribution is 0.0251. The number of carbonyl (C=O) groups excluding carboxylic acids is 1. The van der Waals surface area contributed by atoms with Crippen LogP contribution in [0, 0.1) is 0 Å². The Hall–Kier alpha value is -2.95. The maximum Gasteiger partial charge on any atom is 0.340 e. The molecule has 32 heavy (non-hydrogen) atoms. The molecule has 2 N–H and O–H groups in total. The van der Waals surface area contributed by atoms with Gasteiger partial charge in [0.05, 0.1) is 5.56 Å². The van der Waals surface area contributed by atoms with E-state index in [1.54, 1.807) is 0 Å². The molecule has 0 saturated carbocycles. The van der Waals surface area contributed by atoms with Crippen LogP contribution in [0.3, 0.4) is 0 Å². The summed E-state index contributed by atoms with van der Waals surface area (Å²) in [6.45, 7) is 12.0. The second kappa shape index (κ2) is 18.8. The number of aliphatic hydroxyl groups excluding tert-OH is 2. The molecule has 1 aliphatic heterocycles. The first-order valence-corrected chi connectivity index (χ1v) is 11.2. The lowest BCUT2D eigenvalue weighted by Crippen LogP contribution is -2.29. The van der Waals surface area contributed by atoms with E-state index in [0.717, 1.165) is 30.9 Å². The monoisotopic (exact) mass is 440 g/mol. The van der Waals surface area contributed by atoms with Gasteiger partial charge in [0.15, 0.2) is 5.60 Å². The van der Waals surface area contributed by atoms with Crippen LogP contribution in [0.1, 0.15) is 68.6 Å². The number of aliphatic hydroxyl groups is 2. The number of hydrogen-bond acceptors (Lipinski definition) is 4. The van der Waals surface area contributed by atoms with Gasteiger partial charge in [0.1, 0.15) is 0 Å². The van der Waals surface area contributed by atoms with Crippen molar-refractivity contribution in [2.75, 3.05) is 14.2 Å². The van der Waals surface area contributed by atoms with E-state index < -0.39 is 5.60 Å². The molecule has 176 valence electrons. The van der Waals surface area contributed by atoms with Crippen molar-refractivity contribution < 1.29 is 19.7 Å². The van der Waals surface area contributed by atoms with Crippen LogP contribution in [0.25, 0.3) is 0 Å². The Morgan fingerprint density at radius 2 is 0.906 bits per heavy atom. The van der Waals surface area contributed by atoms with Gasteiger partial charge in [-0.2, -0.15) is 0 Å². The fourth-order valence-electron chi connectivity index (χ4n) is 3.16. The molecule has 0 unspecified atom stereocenters. The molecule has 4 nitrogen and oxygen atoms in total. The summed E-state index contributed by atoms with van der Waals surface area (Å²) in [6, 6.07) is 27.4. The summed E-state index contributed by atoms with van der Waals surface area (Å²) in [6.07, 6.45) is 0. The number of ether oxygens (including phenoxy) is 1. The Bertz CT molecular complexity index is 791. The van der Waals surface area contributed by atoms with Crippen molar-refractivity contribution in [2.24, 2.45) is 0 Å². The number of cyclic esters (lactones) is 1. The van der Waals surface area contributed by atoms with Crippen LogP contribution < -0.4 is 0 Å². The van der Waals surface area contributed by atoms with Crippen LogP contribution in [-0.2, 0) is 10.3 Å². The molecule has 1 aliphatic rings. The average molecular weight is 441 g/mol. The van der Waals surface area contributed by atoms with Crippen molar-refractivity contribution in [3.05, 3.63) is 107 Å². The number of benzene rings is 3. The topological polar surface area (TPSA) is 66.8 Å². The molecular formula is C28H40O4. The van der Waals surface area contributed by atoms with Crippen molar-refractivity contribution >= 4 is 5.97 Å². The van der Waals surface area contributed by atoms with E-state index in [9.17, 15) is 4.79 Å². The summed E-state index contributed by atoms with van der Waals surface area (Å²) >= 11 is 0. The van der Waals surface area contributed by atoms with Crippen LogP contribution >= 0.6 is 0 Å². The molecule has 3 aromatic rings. The molecule has 3 aromatic carbocycles. The quantitative estimate of drug-likeness (QED) is 0.450. The van der Waals surface area contributed by atoms with Crippen LogP contribution in [0.15, 0.2) is 84.9 Å². The van der Waals surface area contributed by atoms with Gasteiger partial charge in [-0.15, -0.1) is 0 Å². The summed E-state index contributed by atoms with van der Waals surface area (Å²) in [5.41, 5.74) is 2.59. The molecule has 4 rings (SSSR count). The van der Waals surface area contributed by atoms with Crippen molar-refractivity contribution in [3.8, 4) is 0 Å². The third-order valence-electron chi connectivity index (χ3n) is 4.13. The lowest BCUT2D eigenvalue weighted by Gasteiger charge is -2.30. The molecule has 0 fully saturated rings. The highest BCUT2D eigenvalue weighted by atomic mass is 16.6. The fourth-order valence-corrected chi connectivity index (χ4v) is 3.16. The van der Waals surface area contributed by atoms with E-state index in [4.69, 9.17) is 14.9 Å². The molecule has 0 spiro atoms. The summed E-state index contributed by atoms with van der Waals surface area (Å²) in [4.78, 5) is 12.4. The molecule has 0 saturated heterocycles. The van der Waals surface area contributed by atoms with Crippen LogP contribution in [0.2, 0.25) is 0 Å². The second-order valence-corrected chi connectivity index (χ2v) is 5.35. The number of fused-ring (bicyclic) bond motifs is 1. The second-order valence-electron chi connectivity index (χ2n) is 5.35. The molecule has 4 heteroatoms. The molecular weight excluding hydrogens is 400 g/mol. The first-order valence-electron chi connectivity index (χ1n) is 11.2. The van der Waals surface area contributed by atoms with Gasteiger partial charge < -0.3 is 14.9 Å². The molecule has 0 amide bonds. The molecule has 0 atom stereocenters. The normalized spacial score (nSPS) is 11.4. The molecule has 0 aliphatic carbocycles. The van der Waals surface area contributed by atoms with E-state index in [-0.39, 0.29) is 5.97 Å². The minimum atomic E-state index is -0.865. The summed E-state index contributed by atoms with van der Waals surface area (Å²) in [5.74, 6) is -0.275. The maximum absolute atomic E-state index is 12.4. The first-order chi connectivity index (χ1) is 15.8. The largest absolute Gasteiger partial charge is 0.441 e. The van der Waals surface area contributed by atoms with Gasteiger partial charge in [-0.1, -0.05) is 120 Å². The zero-order valence-corrected chi connectivity index (χ0v) is 20.8. The highest BCUT2D eigenvalue weighted by Crippen LogP contribution is 2.46. The van der Waals surface area contributed by atoms with Crippen molar-refractivity contribution in [1.82, 2.24) is 0 Å². The Kier molecular flexibility index (Phi) is 18.3. The average Bonchev–Trinajstić information content (AvgIpc) is 3.24. The van der Waals surface area contributed by atoms with Gasteiger partial charge in [0.25, 0.3) is 0 Å². The highest BCUT2D eigenvalue weighted by Gasteiger charge is 2.48. The lowest BCUT2D eigenvalue weighted by atomic mass is 9.80. The van der Waals surface area contributed by atoms with Crippen molar-refractivity contribution in [1.29, 1.82) is 0 Å². The van der Waals surface area contributed by atoms with Crippen molar-refractivity contribution in [3.63, 3.8) is 0 Å². The molecule has 0 aromatic heterocycles. The first kappa shape index (κ1) is 31.2. The Balaban J connectivity index is 0. The minimum absolute atomic E-state index is 0.275. The summed E-state index contributed by atoms with van der Waals surface area (Å²) in [5, 5.41) is 14.0. The SMILES string of the molecule is CC.CC.CC.CO.CO.O=C1OC(c2ccccc2)(c2ccccc2)c2ccccc21. The zero-order valence-electron chi connectivity index (χ0n) is 20.8. The van der Waals surface area contributed by atoms with E-state index in [1.165, 1.54) is 0 Å². The molecule has 1 heterocycles. The summed E-state index contributed by atoms with van der Waals surface area (Å²) < 4.78 is 5.95. The molecule has 0 bridgehead atoms. The van der Waals surface area contributed by atoms with Gasteiger partial charge in [-0.05, 0) is 6.07 Å². The van der Waals surface area contributed by atoms with Crippen LogP contribution in [-0.4, -0.2) is 30.4 Å². The minimum Gasteiger partial charge on any atom is -0.441 e. The van der Waals surface area contributed by atoms with Gasteiger partial charge in [0.2, 0.25) is 0 Å². The zero-order chi connectivity index (χ0) is 25.0. The van der Waals surface area contributed by atoms with E-state index in [2.05, 4.69) is 0 Å². The van der Waals surface area contributed by atoms with Gasteiger partial charge >= 0.3 is 5.97 Å². The summed E-state index contributed by atoms with van der Waals surface area (Å²) in [7, 11) is 2.00. The van der Waals surface area contributed by atoms with Crippen LogP contribution in [0.5, 0.6) is 0 Å². The predicted molar refractivity (Wildman–Crippen MR) is 135 cm³/mol. The number of rotatable bonds is 2. The van der Waals surface area contributed by atoms with E-state index >= 15 is 0 Å². The third-order valence-corrected chi connectivity index (χ3v) is 4.13. The Morgan fingerprint density at radius 1 is 0.562 bits per heavy atom. The highest BCUT2D eigenvalue weighted by molar-refractivity contribution is 5.96. The van der Waals surface area contributed by atoms with Gasteiger partial charge in [0, 0.05) is 30.9 Å². The Labute approximate surface area is 194 Å². The van der Waals surface area contributed by atoms with Gasteiger partial charge in [-0.25, -0.2) is 4.79 Å². The maximum atomic E-state index is 12.4. The Morgan fingerprint density at radius 3 is 1.31 bits per heavy atom. The van der Waals surface area contributed by atoms with E-state index in [0.29, 0.717) is 5.56 Å². The number of hydrogen-bond donors (Lipinski definition) is 2. The fraction of sp³-hybridized carbons (Fsp3) is 0.321. The molecule has 0 radical (unpaired) electrons. The standard InChI is InChI=1S/C20H14O2.3C2H6.2CH4O/c21-19-17-13-7-8-14-18(17)20(22-19,15-9-3-1-4-10-15)16-11-5-2-6-12-16;5*1-2/h1-14H;3*1-2H3;2*2H,1H3.